The number of hydrogen-bond acceptors (Lipinski definition) is 8. The first-order valence-electron chi connectivity index (χ1n) is 11.9. The lowest BCUT2D eigenvalue weighted by Gasteiger charge is -2.13. The highest BCUT2D eigenvalue weighted by molar-refractivity contribution is 7.17. The molecule has 1 aromatic heterocycles. The Hall–Kier alpha value is -3.89. The van der Waals surface area contributed by atoms with E-state index in [0.717, 1.165) is 35.3 Å². The molecule has 0 spiro atoms. The Balaban J connectivity index is 1.38. The Morgan fingerprint density at radius 3 is 2.66 bits per heavy atom. The topological polar surface area (TPSA) is 115 Å². The van der Waals surface area contributed by atoms with Crippen molar-refractivity contribution in [3.63, 3.8) is 0 Å². The van der Waals surface area contributed by atoms with Crippen molar-refractivity contribution < 1.29 is 28.6 Å². The summed E-state index contributed by atoms with van der Waals surface area (Å²) in [6.07, 6.45) is 3.87. The lowest BCUT2D eigenvalue weighted by Crippen LogP contribution is -2.32. The predicted molar refractivity (Wildman–Crippen MR) is 145 cm³/mol. The highest BCUT2D eigenvalue weighted by Crippen LogP contribution is 2.39. The van der Waals surface area contributed by atoms with Gasteiger partial charge in [0, 0.05) is 15.5 Å². The maximum absolute atomic E-state index is 12.5. The quantitative estimate of drug-likeness (QED) is 0.170. The molecule has 0 aliphatic heterocycles. The van der Waals surface area contributed by atoms with Gasteiger partial charge in [0.1, 0.15) is 11.6 Å². The van der Waals surface area contributed by atoms with Crippen molar-refractivity contribution in [3.8, 4) is 11.5 Å². The molecule has 0 fully saturated rings. The number of hydrazone groups is 1. The second-order valence-electron chi connectivity index (χ2n) is 8.23. The molecule has 11 heteroatoms. The zero-order valence-electron chi connectivity index (χ0n) is 20.8. The lowest BCUT2D eigenvalue weighted by atomic mass is 10.1. The molecule has 1 aliphatic carbocycles. The van der Waals surface area contributed by atoms with Crippen LogP contribution in [0.2, 0.25) is 5.02 Å². The Labute approximate surface area is 228 Å². The number of nitrogens with one attached hydrogen (secondary N) is 2. The molecule has 198 valence electrons. The van der Waals surface area contributed by atoms with Gasteiger partial charge in [-0.1, -0.05) is 29.8 Å². The number of ether oxygens (including phenoxy) is 3. The number of fused-ring (bicyclic) bond motifs is 1. The lowest BCUT2D eigenvalue weighted by molar-refractivity contribution is -0.136. The summed E-state index contributed by atoms with van der Waals surface area (Å²) in [7, 11) is 1.28. The number of thiophene rings is 1. The van der Waals surface area contributed by atoms with Crippen LogP contribution in [0.1, 0.15) is 45.3 Å². The van der Waals surface area contributed by atoms with Gasteiger partial charge in [-0.25, -0.2) is 10.2 Å². The van der Waals surface area contributed by atoms with E-state index >= 15 is 0 Å². The van der Waals surface area contributed by atoms with Crippen LogP contribution in [-0.2, 0) is 33.8 Å². The van der Waals surface area contributed by atoms with Gasteiger partial charge in [-0.05, 0) is 61.6 Å². The van der Waals surface area contributed by atoms with Crippen molar-refractivity contribution in [3.05, 3.63) is 74.6 Å². The first-order valence-corrected chi connectivity index (χ1v) is 13.1. The number of amides is 2. The summed E-state index contributed by atoms with van der Waals surface area (Å²) >= 11 is 7.49. The number of esters is 1. The van der Waals surface area contributed by atoms with Crippen molar-refractivity contribution in [2.75, 3.05) is 19.0 Å². The van der Waals surface area contributed by atoms with Crippen LogP contribution in [0.3, 0.4) is 0 Å². The van der Waals surface area contributed by atoms with Gasteiger partial charge in [0.15, 0.2) is 11.5 Å². The minimum Gasteiger partial charge on any atom is -0.490 e. The molecule has 38 heavy (non-hydrogen) atoms. The number of aryl methyl sites for hydroxylation is 1. The fourth-order valence-corrected chi connectivity index (χ4v) is 5.41. The van der Waals surface area contributed by atoms with Crippen LogP contribution < -0.4 is 20.2 Å². The van der Waals surface area contributed by atoms with Gasteiger partial charge in [-0.15, -0.1) is 11.3 Å². The molecule has 0 saturated heterocycles. The maximum atomic E-state index is 12.5. The largest absolute Gasteiger partial charge is 0.490 e. The number of hydrogen-bond donors (Lipinski definition) is 2. The van der Waals surface area contributed by atoms with Crippen molar-refractivity contribution >= 4 is 51.9 Å². The van der Waals surface area contributed by atoms with Crippen molar-refractivity contribution in [2.24, 2.45) is 5.10 Å². The number of halogens is 1. The summed E-state index contributed by atoms with van der Waals surface area (Å²) in [5.74, 6) is -1.44. The summed E-state index contributed by atoms with van der Waals surface area (Å²) in [4.78, 5) is 38.0. The Bertz CT molecular complexity index is 1390. The van der Waals surface area contributed by atoms with Crippen LogP contribution in [0.25, 0.3) is 0 Å². The summed E-state index contributed by atoms with van der Waals surface area (Å²) in [5.41, 5.74) is 4.85. The highest BCUT2D eigenvalue weighted by Gasteiger charge is 2.29. The van der Waals surface area contributed by atoms with Crippen molar-refractivity contribution in [1.29, 1.82) is 0 Å². The molecule has 2 aromatic carbocycles. The smallest absolute Gasteiger partial charge is 0.341 e. The van der Waals surface area contributed by atoms with Gasteiger partial charge >= 0.3 is 17.8 Å². The summed E-state index contributed by atoms with van der Waals surface area (Å²) in [6.45, 7) is 2.54. The molecule has 3 aromatic rings. The van der Waals surface area contributed by atoms with Crippen LogP contribution in [0.4, 0.5) is 5.00 Å². The third-order valence-corrected chi connectivity index (χ3v) is 7.31. The van der Waals surface area contributed by atoms with E-state index in [4.69, 9.17) is 25.8 Å². The van der Waals surface area contributed by atoms with E-state index in [-0.39, 0.29) is 6.61 Å². The minimum atomic E-state index is -0.977. The second-order valence-corrected chi connectivity index (χ2v) is 9.74. The van der Waals surface area contributed by atoms with Gasteiger partial charge in [-0.3, -0.25) is 9.59 Å². The normalized spacial score (nSPS) is 12.2. The Morgan fingerprint density at radius 1 is 1.08 bits per heavy atom. The van der Waals surface area contributed by atoms with E-state index in [1.54, 1.807) is 24.3 Å². The molecule has 0 bridgehead atoms. The van der Waals surface area contributed by atoms with E-state index in [0.29, 0.717) is 39.3 Å². The monoisotopic (exact) mass is 555 g/mol. The standard InChI is InChI=1S/C27H26ClN3O6S/c1-3-36-21-13-16(11-12-20(21)37-15-17-7-4-5-9-19(17)28)14-29-31-25(33)24(32)30-26-23(27(34)35-2)18-8-6-10-22(18)38-26/h4-5,7,9,11-14H,3,6,8,10,15H2,1-2H3,(H,30,32)(H,31,33). The van der Waals surface area contributed by atoms with Crippen LogP contribution >= 0.6 is 22.9 Å². The third kappa shape index (κ3) is 6.32. The molecule has 4 rings (SSSR count). The molecule has 9 nitrogen and oxygen atoms in total. The number of nitrogens with zero attached hydrogens (tertiary/aromatic N) is 1. The molecule has 0 radical (unpaired) electrons. The zero-order valence-corrected chi connectivity index (χ0v) is 22.4. The van der Waals surface area contributed by atoms with Crippen LogP contribution in [0.5, 0.6) is 11.5 Å². The molecular formula is C27H26ClN3O6S. The van der Waals surface area contributed by atoms with Gasteiger partial charge in [0.25, 0.3) is 0 Å². The summed E-state index contributed by atoms with van der Waals surface area (Å²) < 4.78 is 16.4. The molecule has 1 aliphatic rings. The van der Waals surface area contributed by atoms with Gasteiger partial charge in [0.2, 0.25) is 0 Å². The molecule has 0 unspecified atom stereocenters. The second kappa shape index (κ2) is 12.6. The first-order chi connectivity index (χ1) is 18.4. The number of methoxy groups -OCH3 is 1. The minimum absolute atomic E-state index is 0.267. The maximum Gasteiger partial charge on any atom is 0.341 e. The number of carbonyl (C=O) groups is 3. The number of anilines is 1. The highest BCUT2D eigenvalue weighted by atomic mass is 35.5. The van der Waals surface area contributed by atoms with Crippen molar-refractivity contribution in [1.82, 2.24) is 5.43 Å². The molecule has 0 atom stereocenters. The average Bonchev–Trinajstić information content (AvgIpc) is 3.49. The van der Waals surface area contributed by atoms with E-state index < -0.39 is 17.8 Å². The average molecular weight is 556 g/mol. The van der Waals surface area contributed by atoms with Crippen LogP contribution in [0.15, 0.2) is 47.6 Å². The Morgan fingerprint density at radius 2 is 1.89 bits per heavy atom. The zero-order chi connectivity index (χ0) is 27.1. The SMILES string of the molecule is CCOc1cc(C=NNC(=O)C(=O)Nc2sc3c(c2C(=O)OC)CCC3)ccc1OCc1ccccc1Cl. The fraction of sp³-hybridized carbons (Fsp3) is 0.259. The number of carbonyl (C=O) groups excluding carboxylic acids is 3. The number of rotatable bonds is 9. The van der Waals surface area contributed by atoms with E-state index in [9.17, 15) is 14.4 Å². The van der Waals surface area contributed by atoms with Crippen LogP contribution in [-0.4, -0.2) is 37.7 Å². The van der Waals surface area contributed by atoms with Gasteiger partial charge in [0.05, 0.1) is 25.5 Å². The predicted octanol–water partition coefficient (Wildman–Crippen LogP) is 4.74. The molecule has 1 heterocycles. The molecule has 2 N–H and O–H groups in total. The van der Waals surface area contributed by atoms with Gasteiger partial charge < -0.3 is 19.5 Å². The fourth-order valence-electron chi connectivity index (χ4n) is 3.95. The van der Waals surface area contributed by atoms with Crippen molar-refractivity contribution in [2.45, 2.75) is 32.8 Å². The third-order valence-electron chi connectivity index (χ3n) is 5.73. The number of benzene rings is 2. The Kier molecular flexibility index (Phi) is 8.98. The summed E-state index contributed by atoms with van der Waals surface area (Å²) in [5, 5.41) is 7.31. The van der Waals surface area contributed by atoms with E-state index in [1.165, 1.54) is 24.7 Å². The van der Waals surface area contributed by atoms with Gasteiger partial charge in [-0.2, -0.15) is 5.10 Å². The molecule has 2 amide bonds. The van der Waals surface area contributed by atoms with E-state index in [2.05, 4.69) is 15.8 Å². The van der Waals surface area contributed by atoms with E-state index in [1.807, 2.05) is 25.1 Å². The summed E-state index contributed by atoms with van der Waals surface area (Å²) in [6, 6.07) is 12.6. The molecule has 0 saturated carbocycles. The molecular weight excluding hydrogens is 530 g/mol. The first kappa shape index (κ1) is 27.2. The van der Waals surface area contributed by atoms with Crippen LogP contribution in [0, 0.1) is 0 Å².